The van der Waals surface area contributed by atoms with Crippen molar-refractivity contribution in [1.29, 1.82) is 0 Å². The van der Waals surface area contributed by atoms with E-state index in [-0.39, 0.29) is 37.4 Å². The number of nitrogens with one attached hydrogen (secondary N) is 5. The van der Waals surface area contributed by atoms with Gasteiger partial charge in [0.2, 0.25) is 29.5 Å². The van der Waals surface area contributed by atoms with Gasteiger partial charge in [-0.05, 0) is 6.92 Å². The van der Waals surface area contributed by atoms with Gasteiger partial charge in [-0.25, -0.2) is 0 Å². The van der Waals surface area contributed by atoms with Crippen LogP contribution in [0.5, 0.6) is 0 Å². The van der Waals surface area contributed by atoms with E-state index in [2.05, 4.69) is 26.6 Å². The first kappa shape index (κ1) is 47.1. The molecule has 3 unspecified atom stereocenters. The van der Waals surface area contributed by atoms with E-state index in [4.69, 9.17) is 18.9 Å². The largest absolute Gasteiger partial charge is 0.462 e. The molecule has 0 saturated carbocycles. The van der Waals surface area contributed by atoms with E-state index in [1.165, 1.54) is 6.92 Å². The zero-order valence-corrected chi connectivity index (χ0v) is 31.5. The Morgan fingerprint density at radius 1 is 0.830 bits per heavy atom. The van der Waals surface area contributed by atoms with Crippen LogP contribution in [0.1, 0.15) is 67.2 Å². The summed E-state index contributed by atoms with van der Waals surface area (Å²) in [6.07, 6.45) is -8.42. The maximum absolute atomic E-state index is 13.1. The minimum absolute atomic E-state index is 0.00465. The lowest BCUT2D eigenvalue weighted by atomic mass is 9.96. The fourth-order valence-electron chi connectivity index (χ4n) is 4.68. The Kier molecular flexibility index (Phi) is 21.7. The predicted molar refractivity (Wildman–Crippen MR) is 185 cm³/mol. The fourth-order valence-corrected chi connectivity index (χ4v) is 5.75. The highest BCUT2D eigenvalue weighted by atomic mass is 32.2. The van der Waals surface area contributed by atoms with Gasteiger partial charge in [0.05, 0.1) is 31.8 Å². The molecule has 5 amide bonds. The number of carbonyl (C=O) groups is 8. The topological polar surface area (TPSA) is 294 Å². The number of Topliss-reactive ketones (excluding diaryl/α,β-unsaturated/α-hetero) is 1. The highest BCUT2D eigenvalue weighted by Gasteiger charge is 2.46. The van der Waals surface area contributed by atoms with Gasteiger partial charge >= 0.3 is 11.9 Å². The van der Waals surface area contributed by atoms with Crippen LogP contribution in [-0.2, 0) is 57.3 Å². The quantitative estimate of drug-likeness (QED) is 0.0289. The zero-order chi connectivity index (χ0) is 40.2. The second-order valence-electron chi connectivity index (χ2n) is 11.9. The monoisotopic (exact) mass is 779 g/mol. The van der Waals surface area contributed by atoms with Crippen LogP contribution in [0.4, 0.5) is 0 Å². The Labute approximate surface area is 311 Å². The molecule has 0 radical (unpaired) electrons. The molecule has 1 aliphatic rings. The van der Waals surface area contributed by atoms with E-state index in [9.17, 15) is 53.7 Å². The van der Waals surface area contributed by atoms with E-state index in [1.807, 2.05) is 0 Å². The molecule has 0 aliphatic carbocycles. The molecule has 302 valence electrons. The second kappa shape index (κ2) is 24.4. The average Bonchev–Trinajstić information content (AvgIpc) is 3.10. The van der Waals surface area contributed by atoms with Gasteiger partial charge in [-0.3, -0.25) is 38.4 Å². The Hall–Kier alpha value is -3.89. The molecular formula is C32H53N5O15S. The second-order valence-corrected chi connectivity index (χ2v) is 13.0. The number of aliphatic hydroxyl groups is 3. The lowest BCUT2D eigenvalue weighted by molar-refractivity contribution is -0.281. The van der Waals surface area contributed by atoms with Crippen LogP contribution in [0, 0.1) is 0 Å². The number of hydrogen-bond donors (Lipinski definition) is 8. The van der Waals surface area contributed by atoms with Gasteiger partial charge in [-0.15, -0.1) is 0 Å². The summed E-state index contributed by atoms with van der Waals surface area (Å²) >= 11 is 1.13. The maximum atomic E-state index is 13.1. The SMILES string of the molecule is CCC(=O)N[C@@H](CSC[C@H](COC(=O)CC)OC(=O)CC)C(=O)CC(=O)NCNC(=O)[C@@H](NC(C)=O)C(C)O[C@H]1OC(CO)[C@H](O)[C@H](O)C1NC(C)=O. The number of amides is 5. The molecule has 21 heteroatoms. The molecule has 9 atom stereocenters. The number of esters is 2. The molecule has 1 heterocycles. The van der Waals surface area contributed by atoms with Crippen molar-refractivity contribution in [1.82, 2.24) is 26.6 Å². The van der Waals surface area contributed by atoms with Gasteiger partial charge in [-0.1, -0.05) is 20.8 Å². The molecule has 1 rings (SSSR count). The summed E-state index contributed by atoms with van der Waals surface area (Å²) in [6.45, 7) is 7.01. The molecule has 0 bridgehead atoms. The third-order valence-corrected chi connectivity index (χ3v) is 8.71. The predicted octanol–water partition coefficient (Wildman–Crippen LogP) is -3.11. The molecule has 8 N–H and O–H groups in total. The Bertz CT molecular complexity index is 1270. The third kappa shape index (κ3) is 17.2. The first-order valence-electron chi connectivity index (χ1n) is 17.1. The lowest BCUT2D eigenvalue weighted by Gasteiger charge is -2.43. The van der Waals surface area contributed by atoms with Crippen molar-refractivity contribution < 1.29 is 72.6 Å². The maximum Gasteiger partial charge on any atom is 0.305 e. The number of ketones is 1. The average molecular weight is 780 g/mol. The number of ether oxygens (including phenoxy) is 4. The Morgan fingerprint density at radius 2 is 1.49 bits per heavy atom. The highest BCUT2D eigenvalue weighted by molar-refractivity contribution is 7.99. The van der Waals surface area contributed by atoms with Crippen LogP contribution < -0.4 is 26.6 Å². The van der Waals surface area contributed by atoms with Gasteiger partial charge in [-0.2, -0.15) is 11.8 Å². The third-order valence-electron chi connectivity index (χ3n) is 7.53. The Balaban J connectivity index is 2.86. The van der Waals surface area contributed by atoms with Crippen molar-refractivity contribution in [2.24, 2.45) is 0 Å². The van der Waals surface area contributed by atoms with Gasteiger partial charge in [0.25, 0.3) is 0 Å². The summed E-state index contributed by atoms with van der Waals surface area (Å²) in [6, 6.07) is -3.84. The van der Waals surface area contributed by atoms with E-state index in [1.54, 1.807) is 20.8 Å². The van der Waals surface area contributed by atoms with Crippen LogP contribution in [0.25, 0.3) is 0 Å². The standard InChI is InChI=1S/C32H53N5O15S/c1-7-23(42)37-20(14-53-13-19(51-26(45)9-3)12-49-25(44)8-2)21(41)10-24(43)33-15-34-31(48)27(35-17(5)39)16(4)50-32-28(36-18(6)40)30(47)29(46)22(11-38)52-32/h16,19-20,22,27-30,32,38,46-47H,7-15H2,1-6H3,(H,33,43)(H,34,48)(H,35,39)(H,36,40)(H,37,42)/t16?,19-,20-,22?,27-,28?,29-,30+,32-/m0/s1. The van der Waals surface area contributed by atoms with E-state index in [0.29, 0.717) is 0 Å². The van der Waals surface area contributed by atoms with Crippen molar-refractivity contribution in [2.45, 2.75) is 122 Å². The van der Waals surface area contributed by atoms with Crippen molar-refractivity contribution in [2.75, 3.05) is 31.4 Å². The summed E-state index contributed by atoms with van der Waals surface area (Å²) in [7, 11) is 0. The highest BCUT2D eigenvalue weighted by Crippen LogP contribution is 2.24. The van der Waals surface area contributed by atoms with Gasteiger partial charge in [0.15, 0.2) is 12.1 Å². The molecule has 53 heavy (non-hydrogen) atoms. The molecule has 0 aromatic rings. The number of carbonyl (C=O) groups excluding carboxylic acids is 8. The molecule has 1 aliphatic heterocycles. The number of hydrogen-bond acceptors (Lipinski definition) is 16. The molecular weight excluding hydrogens is 726 g/mol. The minimum atomic E-state index is -1.62. The van der Waals surface area contributed by atoms with Gasteiger partial charge in [0.1, 0.15) is 43.1 Å². The first-order chi connectivity index (χ1) is 25.0. The summed E-state index contributed by atoms with van der Waals surface area (Å²) in [5.74, 6) is -4.91. The van der Waals surface area contributed by atoms with Crippen LogP contribution in [0.3, 0.4) is 0 Å². The van der Waals surface area contributed by atoms with Crippen LogP contribution in [-0.4, -0.2) is 149 Å². The van der Waals surface area contributed by atoms with Gasteiger partial charge < -0.3 is 60.9 Å². The molecule has 1 fully saturated rings. The lowest BCUT2D eigenvalue weighted by Crippen LogP contribution is -2.66. The van der Waals surface area contributed by atoms with E-state index < -0.39 is 122 Å². The van der Waals surface area contributed by atoms with E-state index in [0.717, 1.165) is 25.6 Å². The fraction of sp³-hybridized carbons (Fsp3) is 0.750. The van der Waals surface area contributed by atoms with Crippen molar-refractivity contribution in [3.63, 3.8) is 0 Å². The van der Waals surface area contributed by atoms with Crippen molar-refractivity contribution in [3.05, 3.63) is 0 Å². The molecule has 0 aromatic carbocycles. The normalized spacial score (nSPS) is 21.8. The zero-order valence-electron chi connectivity index (χ0n) is 30.7. The summed E-state index contributed by atoms with van der Waals surface area (Å²) in [5, 5.41) is 42.4. The van der Waals surface area contributed by atoms with Crippen molar-refractivity contribution >= 4 is 59.0 Å². The van der Waals surface area contributed by atoms with Crippen molar-refractivity contribution in [3.8, 4) is 0 Å². The van der Waals surface area contributed by atoms with Gasteiger partial charge in [0, 0.05) is 44.6 Å². The summed E-state index contributed by atoms with van der Waals surface area (Å²) in [5.41, 5.74) is 0. The van der Waals surface area contributed by atoms with Crippen LogP contribution in [0.2, 0.25) is 0 Å². The number of thioether (sulfide) groups is 1. The minimum Gasteiger partial charge on any atom is -0.462 e. The van der Waals surface area contributed by atoms with E-state index >= 15 is 0 Å². The van der Waals surface area contributed by atoms with Crippen LogP contribution in [0.15, 0.2) is 0 Å². The molecule has 1 saturated heterocycles. The molecule has 0 spiro atoms. The summed E-state index contributed by atoms with van der Waals surface area (Å²) in [4.78, 5) is 98.1. The summed E-state index contributed by atoms with van der Waals surface area (Å²) < 4.78 is 21.7. The smallest absolute Gasteiger partial charge is 0.305 e. The number of aliphatic hydroxyl groups excluding tert-OH is 3. The molecule has 0 aromatic heterocycles. The molecule has 20 nitrogen and oxygen atoms in total. The number of rotatable bonds is 23. The first-order valence-corrected chi connectivity index (χ1v) is 18.2. The Morgan fingerprint density at radius 3 is 2.06 bits per heavy atom. The van der Waals surface area contributed by atoms with Crippen LogP contribution >= 0.6 is 11.8 Å².